The highest BCUT2D eigenvalue weighted by atomic mass is 16.5. The molecule has 2 rings (SSSR count). The van der Waals surface area contributed by atoms with Crippen LogP contribution in [0.3, 0.4) is 0 Å². The number of hydrogen-bond donors (Lipinski definition) is 3. The van der Waals surface area contributed by atoms with E-state index in [1.54, 1.807) is 18.2 Å². The molecule has 0 saturated heterocycles. The van der Waals surface area contributed by atoms with Gasteiger partial charge in [0.15, 0.2) is 0 Å². The van der Waals surface area contributed by atoms with E-state index in [0.717, 1.165) is 0 Å². The Bertz CT molecular complexity index is 692. The second-order valence-corrected chi connectivity index (χ2v) is 6.39. The van der Waals surface area contributed by atoms with E-state index in [2.05, 4.69) is 15.5 Å². The Morgan fingerprint density at radius 3 is 2.70 bits per heavy atom. The lowest BCUT2D eigenvalue weighted by molar-refractivity contribution is 0.100. The van der Waals surface area contributed by atoms with Gasteiger partial charge in [0.1, 0.15) is 18.5 Å². The molecule has 3 N–H and O–H groups in total. The first-order valence-electron chi connectivity index (χ1n) is 7.56. The molecule has 1 heterocycles. The van der Waals surface area contributed by atoms with Gasteiger partial charge in [-0.3, -0.25) is 4.79 Å². The summed E-state index contributed by atoms with van der Waals surface area (Å²) in [6.45, 7) is 6.67. The predicted octanol–water partition coefficient (Wildman–Crippen LogP) is 1.56. The molecular weight excluding hydrogens is 294 g/mol. The summed E-state index contributed by atoms with van der Waals surface area (Å²) in [5, 5.41) is 19.3. The summed E-state index contributed by atoms with van der Waals surface area (Å²) >= 11 is 0. The van der Waals surface area contributed by atoms with Crippen LogP contribution in [0, 0.1) is 0 Å². The number of ether oxygens (including phenoxy) is 1. The summed E-state index contributed by atoms with van der Waals surface area (Å²) in [5.74, 6) is 0.555. The molecule has 1 aromatic carbocycles. The summed E-state index contributed by atoms with van der Waals surface area (Å²) < 4.78 is 5.71. The molecule has 1 aromatic heterocycles. The van der Waals surface area contributed by atoms with E-state index < -0.39 is 6.10 Å². The maximum absolute atomic E-state index is 11.9. The Labute approximate surface area is 135 Å². The number of hydrogen-bond acceptors (Lipinski definition) is 5. The fourth-order valence-corrected chi connectivity index (χ4v) is 2.04. The fraction of sp³-hybridized carbons (Fsp3) is 0.412. The number of β-amino-alcohol motifs (C(OH)–C–C–N with tert-alkyl or cyclic N) is 1. The highest BCUT2D eigenvalue weighted by Crippen LogP contribution is 2.27. The van der Waals surface area contributed by atoms with Crippen LogP contribution in [0.1, 0.15) is 20.8 Å². The number of aliphatic hydroxyl groups is 1. The van der Waals surface area contributed by atoms with Crippen molar-refractivity contribution < 1.29 is 9.84 Å². The van der Waals surface area contributed by atoms with Gasteiger partial charge in [0.25, 0.3) is 5.56 Å². The molecule has 0 aliphatic heterocycles. The summed E-state index contributed by atoms with van der Waals surface area (Å²) in [7, 11) is 0. The zero-order valence-corrected chi connectivity index (χ0v) is 13.7. The van der Waals surface area contributed by atoms with E-state index in [0.29, 0.717) is 23.4 Å². The van der Waals surface area contributed by atoms with Crippen LogP contribution in [0.25, 0.3) is 11.1 Å². The van der Waals surface area contributed by atoms with E-state index >= 15 is 0 Å². The van der Waals surface area contributed by atoms with Crippen molar-refractivity contribution in [3.8, 4) is 16.9 Å². The normalized spacial score (nSPS) is 12.9. The number of nitrogens with zero attached hydrogens (tertiary/aromatic N) is 1. The van der Waals surface area contributed by atoms with Gasteiger partial charge in [-0.1, -0.05) is 18.2 Å². The average Bonchev–Trinajstić information content (AvgIpc) is 2.51. The molecule has 0 spiro atoms. The smallest absolute Gasteiger partial charge is 0.272 e. The predicted molar refractivity (Wildman–Crippen MR) is 89.6 cm³/mol. The van der Waals surface area contributed by atoms with Crippen molar-refractivity contribution in [3.05, 3.63) is 46.9 Å². The van der Waals surface area contributed by atoms with Crippen molar-refractivity contribution in [2.75, 3.05) is 13.2 Å². The van der Waals surface area contributed by atoms with E-state index in [9.17, 15) is 9.90 Å². The highest BCUT2D eigenvalue weighted by Gasteiger charge is 2.14. The summed E-state index contributed by atoms with van der Waals surface area (Å²) in [5.41, 5.74) is 0.812. The Balaban J connectivity index is 2.07. The Kier molecular flexibility index (Phi) is 5.52. The summed E-state index contributed by atoms with van der Waals surface area (Å²) in [6.07, 6.45) is 0.883. The Hall–Kier alpha value is -2.18. The second-order valence-electron chi connectivity index (χ2n) is 6.39. The maximum atomic E-state index is 11.9. The first kappa shape index (κ1) is 17.2. The molecule has 0 saturated carbocycles. The fourth-order valence-electron chi connectivity index (χ4n) is 2.04. The van der Waals surface area contributed by atoms with Crippen molar-refractivity contribution in [1.82, 2.24) is 15.5 Å². The molecule has 6 heteroatoms. The van der Waals surface area contributed by atoms with Crippen LogP contribution in [0.4, 0.5) is 0 Å². The lowest BCUT2D eigenvalue weighted by Gasteiger charge is -2.23. The Morgan fingerprint density at radius 2 is 2.00 bits per heavy atom. The second kappa shape index (κ2) is 7.39. The van der Waals surface area contributed by atoms with Crippen LogP contribution in [0.15, 0.2) is 41.3 Å². The molecule has 0 aliphatic carbocycles. The zero-order valence-electron chi connectivity index (χ0n) is 13.7. The van der Waals surface area contributed by atoms with E-state index in [4.69, 9.17) is 4.74 Å². The standard InChI is InChI=1S/C17H23N3O3/c1-17(2,3)18-10-12(21)11-23-15-7-5-4-6-13(15)14-8-9-19-20-16(14)22/h4-9,12,18,21H,10-11H2,1-3H3,(H,20,22). The number of rotatable bonds is 6. The van der Waals surface area contributed by atoms with Gasteiger partial charge in [-0.05, 0) is 32.9 Å². The highest BCUT2D eigenvalue weighted by molar-refractivity contribution is 5.69. The van der Waals surface area contributed by atoms with Crippen LogP contribution < -0.4 is 15.6 Å². The molecular formula is C17H23N3O3. The number of benzene rings is 1. The van der Waals surface area contributed by atoms with E-state index in [-0.39, 0.29) is 17.7 Å². The third kappa shape index (κ3) is 5.19. The van der Waals surface area contributed by atoms with Crippen molar-refractivity contribution in [1.29, 1.82) is 0 Å². The lowest BCUT2D eigenvalue weighted by atomic mass is 10.1. The van der Waals surface area contributed by atoms with Gasteiger partial charge in [0, 0.05) is 23.8 Å². The zero-order chi connectivity index (χ0) is 16.9. The van der Waals surface area contributed by atoms with Gasteiger partial charge >= 0.3 is 0 Å². The Morgan fingerprint density at radius 1 is 1.26 bits per heavy atom. The van der Waals surface area contributed by atoms with Crippen molar-refractivity contribution in [2.45, 2.75) is 32.4 Å². The third-order valence-corrected chi connectivity index (χ3v) is 3.20. The summed E-state index contributed by atoms with van der Waals surface area (Å²) in [4.78, 5) is 11.9. The number of aromatic amines is 1. The van der Waals surface area contributed by atoms with E-state index in [1.165, 1.54) is 6.20 Å². The number of aliphatic hydroxyl groups excluding tert-OH is 1. The lowest BCUT2D eigenvalue weighted by Crippen LogP contribution is -2.42. The van der Waals surface area contributed by atoms with Gasteiger partial charge < -0.3 is 15.2 Å². The van der Waals surface area contributed by atoms with Gasteiger partial charge in [-0.2, -0.15) is 5.10 Å². The van der Waals surface area contributed by atoms with Gasteiger partial charge in [0.2, 0.25) is 0 Å². The molecule has 1 unspecified atom stereocenters. The van der Waals surface area contributed by atoms with Crippen molar-refractivity contribution in [2.24, 2.45) is 0 Å². The molecule has 0 fully saturated rings. The molecule has 124 valence electrons. The maximum Gasteiger partial charge on any atom is 0.272 e. The van der Waals surface area contributed by atoms with Crippen LogP contribution in [0.2, 0.25) is 0 Å². The van der Waals surface area contributed by atoms with Crippen LogP contribution in [-0.2, 0) is 0 Å². The minimum absolute atomic E-state index is 0.0663. The van der Waals surface area contributed by atoms with Crippen molar-refractivity contribution in [3.63, 3.8) is 0 Å². The molecule has 0 radical (unpaired) electrons. The first-order valence-corrected chi connectivity index (χ1v) is 7.56. The minimum atomic E-state index is -0.641. The van der Waals surface area contributed by atoms with Gasteiger partial charge in [-0.25, -0.2) is 5.10 Å². The molecule has 2 aromatic rings. The SMILES string of the molecule is CC(C)(C)NCC(O)COc1ccccc1-c1ccn[nH]c1=O. The average molecular weight is 317 g/mol. The topological polar surface area (TPSA) is 87.2 Å². The van der Waals surface area contributed by atoms with Crippen LogP contribution in [-0.4, -0.2) is 40.1 Å². The third-order valence-electron chi connectivity index (χ3n) is 3.20. The molecule has 0 amide bonds. The summed E-state index contributed by atoms with van der Waals surface area (Å²) in [6, 6.07) is 8.88. The first-order chi connectivity index (χ1) is 10.9. The van der Waals surface area contributed by atoms with E-state index in [1.807, 2.05) is 32.9 Å². The largest absolute Gasteiger partial charge is 0.490 e. The molecule has 23 heavy (non-hydrogen) atoms. The number of H-pyrrole nitrogens is 1. The number of aromatic nitrogens is 2. The van der Waals surface area contributed by atoms with Gasteiger partial charge in [-0.15, -0.1) is 0 Å². The minimum Gasteiger partial charge on any atom is -0.490 e. The molecule has 0 aliphatic rings. The van der Waals surface area contributed by atoms with Crippen molar-refractivity contribution >= 4 is 0 Å². The molecule has 1 atom stereocenters. The van der Waals surface area contributed by atoms with Crippen LogP contribution >= 0.6 is 0 Å². The quantitative estimate of drug-likeness (QED) is 0.753. The number of para-hydroxylation sites is 1. The number of nitrogens with one attached hydrogen (secondary N) is 2. The molecule has 6 nitrogen and oxygen atoms in total. The van der Waals surface area contributed by atoms with Crippen LogP contribution in [0.5, 0.6) is 5.75 Å². The van der Waals surface area contributed by atoms with Gasteiger partial charge in [0.05, 0.1) is 5.56 Å². The molecule has 0 bridgehead atoms. The monoisotopic (exact) mass is 317 g/mol.